The third-order valence-corrected chi connectivity index (χ3v) is 2.97. The summed E-state index contributed by atoms with van der Waals surface area (Å²) < 4.78 is 5.49. The van der Waals surface area contributed by atoms with Crippen molar-refractivity contribution in [2.45, 2.75) is 57.7 Å². The maximum absolute atomic E-state index is 5.83. The maximum Gasteiger partial charge on any atom is 0.0604 e. The normalized spacial score (nSPS) is 28.5. The molecule has 0 heterocycles. The molecule has 0 amide bonds. The molecule has 0 spiro atoms. The van der Waals surface area contributed by atoms with Crippen molar-refractivity contribution in [3.05, 3.63) is 0 Å². The molecule has 0 saturated heterocycles. The van der Waals surface area contributed by atoms with E-state index in [1.54, 1.807) is 0 Å². The van der Waals surface area contributed by atoms with Crippen LogP contribution in [-0.2, 0) is 4.74 Å². The van der Waals surface area contributed by atoms with Crippen LogP contribution in [0.25, 0.3) is 0 Å². The standard InChI is InChI=1S/C11H24N2O/c1-3-9(12)5-6-13-10-7-11(8-10)14-4-2/h9-11,13H,3-8,12H2,1-2H3. The van der Waals surface area contributed by atoms with Crippen LogP contribution >= 0.6 is 0 Å². The van der Waals surface area contributed by atoms with E-state index in [9.17, 15) is 0 Å². The highest BCUT2D eigenvalue weighted by Gasteiger charge is 2.28. The molecule has 1 rings (SSSR count). The molecule has 0 aromatic rings. The molecule has 1 unspecified atom stereocenters. The van der Waals surface area contributed by atoms with Gasteiger partial charge in [-0.25, -0.2) is 0 Å². The summed E-state index contributed by atoms with van der Waals surface area (Å²) in [6.45, 7) is 6.09. The van der Waals surface area contributed by atoms with Gasteiger partial charge in [-0.15, -0.1) is 0 Å². The van der Waals surface area contributed by atoms with Crippen LogP contribution in [0.4, 0.5) is 0 Å². The minimum atomic E-state index is 0.366. The molecule has 0 aromatic heterocycles. The average molecular weight is 200 g/mol. The third-order valence-electron chi connectivity index (χ3n) is 2.97. The molecule has 1 atom stereocenters. The van der Waals surface area contributed by atoms with Gasteiger partial charge in [-0.1, -0.05) is 6.92 Å². The fourth-order valence-corrected chi connectivity index (χ4v) is 1.78. The van der Waals surface area contributed by atoms with E-state index >= 15 is 0 Å². The molecule has 3 N–H and O–H groups in total. The van der Waals surface area contributed by atoms with Crippen molar-refractivity contribution in [1.29, 1.82) is 0 Å². The molecule has 0 aromatic carbocycles. The highest BCUT2D eigenvalue weighted by molar-refractivity contribution is 4.86. The highest BCUT2D eigenvalue weighted by atomic mass is 16.5. The minimum absolute atomic E-state index is 0.366. The van der Waals surface area contributed by atoms with Crippen molar-refractivity contribution < 1.29 is 4.74 Å². The molecule has 84 valence electrons. The second-order valence-electron chi connectivity index (χ2n) is 4.16. The van der Waals surface area contributed by atoms with Crippen LogP contribution in [0, 0.1) is 0 Å². The second-order valence-corrected chi connectivity index (χ2v) is 4.16. The van der Waals surface area contributed by atoms with E-state index in [2.05, 4.69) is 19.2 Å². The van der Waals surface area contributed by atoms with Crippen molar-refractivity contribution in [2.75, 3.05) is 13.2 Å². The zero-order valence-corrected chi connectivity index (χ0v) is 9.46. The van der Waals surface area contributed by atoms with E-state index < -0.39 is 0 Å². The van der Waals surface area contributed by atoms with Crippen LogP contribution in [0.15, 0.2) is 0 Å². The number of hydrogen-bond acceptors (Lipinski definition) is 3. The molecule has 1 fully saturated rings. The number of hydrogen-bond donors (Lipinski definition) is 2. The van der Waals surface area contributed by atoms with E-state index in [1.165, 1.54) is 12.8 Å². The number of nitrogens with one attached hydrogen (secondary N) is 1. The first kappa shape index (κ1) is 12.0. The van der Waals surface area contributed by atoms with E-state index in [1.807, 2.05) is 0 Å². The van der Waals surface area contributed by atoms with Gasteiger partial charge in [0, 0.05) is 18.7 Å². The van der Waals surface area contributed by atoms with Gasteiger partial charge >= 0.3 is 0 Å². The number of ether oxygens (including phenoxy) is 1. The number of rotatable bonds is 7. The quantitative estimate of drug-likeness (QED) is 0.650. The van der Waals surface area contributed by atoms with Crippen molar-refractivity contribution in [3.8, 4) is 0 Å². The molecule has 1 aliphatic carbocycles. The van der Waals surface area contributed by atoms with Gasteiger partial charge < -0.3 is 15.8 Å². The summed E-state index contributed by atoms with van der Waals surface area (Å²) in [6.07, 6.45) is 5.03. The molecular weight excluding hydrogens is 176 g/mol. The summed E-state index contributed by atoms with van der Waals surface area (Å²) in [6, 6.07) is 1.04. The van der Waals surface area contributed by atoms with Gasteiger partial charge in [-0.3, -0.25) is 0 Å². The minimum Gasteiger partial charge on any atom is -0.378 e. The van der Waals surface area contributed by atoms with Gasteiger partial charge in [0.25, 0.3) is 0 Å². The van der Waals surface area contributed by atoms with Crippen LogP contribution in [0.1, 0.15) is 39.5 Å². The van der Waals surface area contributed by atoms with Gasteiger partial charge in [-0.2, -0.15) is 0 Å². The van der Waals surface area contributed by atoms with E-state index in [-0.39, 0.29) is 0 Å². The Hall–Kier alpha value is -0.120. The lowest BCUT2D eigenvalue weighted by molar-refractivity contribution is -0.00980. The summed E-state index contributed by atoms with van der Waals surface area (Å²) in [4.78, 5) is 0. The summed E-state index contributed by atoms with van der Waals surface area (Å²) in [5.74, 6) is 0. The van der Waals surface area contributed by atoms with E-state index in [4.69, 9.17) is 10.5 Å². The first-order valence-electron chi connectivity index (χ1n) is 5.86. The van der Waals surface area contributed by atoms with Crippen molar-refractivity contribution in [3.63, 3.8) is 0 Å². The smallest absolute Gasteiger partial charge is 0.0604 e. The molecule has 14 heavy (non-hydrogen) atoms. The number of nitrogens with two attached hydrogens (primary N) is 1. The van der Waals surface area contributed by atoms with Crippen molar-refractivity contribution in [2.24, 2.45) is 5.73 Å². The van der Waals surface area contributed by atoms with Crippen LogP contribution < -0.4 is 11.1 Å². The van der Waals surface area contributed by atoms with Gasteiger partial charge in [0.15, 0.2) is 0 Å². The predicted molar refractivity (Wildman–Crippen MR) is 59.3 cm³/mol. The average Bonchev–Trinajstić information content (AvgIpc) is 2.13. The SMILES string of the molecule is CCOC1CC(NCCC(N)CC)C1. The summed E-state index contributed by atoms with van der Waals surface area (Å²) in [5.41, 5.74) is 5.83. The largest absolute Gasteiger partial charge is 0.378 e. The van der Waals surface area contributed by atoms with E-state index in [0.29, 0.717) is 18.2 Å². The molecule has 1 saturated carbocycles. The maximum atomic E-state index is 5.83. The Morgan fingerprint density at radius 1 is 1.43 bits per heavy atom. The second kappa shape index (κ2) is 6.38. The van der Waals surface area contributed by atoms with Gasteiger partial charge in [0.2, 0.25) is 0 Å². The fourth-order valence-electron chi connectivity index (χ4n) is 1.78. The fraction of sp³-hybridized carbons (Fsp3) is 1.00. The van der Waals surface area contributed by atoms with Crippen molar-refractivity contribution >= 4 is 0 Å². The first-order chi connectivity index (χ1) is 6.76. The Bertz CT molecular complexity index is 146. The van der Waals surface area contributed by atoms with Crippen LogP contribution in [0.2, 0.25) is 0 Å². The van der Waals surface area contributed by atoms with Crippen molar-refractivity contribution in [1.82, 2.24) is 5.32 Å². The monoisotopic (exact) mass is 200 g/mol. The van der Waals surface area contributed by atoms with Crippen LogP contribution in [0.5, 0.6) is 0 Å². The van der Waals surface area contributed by atoms with Crippen LogP contribution in [0.3, 0.4) is 0 Å². The lowest BCUT2D eigenvalue weighted by Gasteiger charge is -2.35. The molecule has 0 bridgehead atoms. The summed E-state index contributed by atoms with van der Waals surface area (Å²) >= 11 is 0. The zero-order chi connectivity index (χ0) is 10.4. The van der Waals surface area contributed by atoms with Gasteiger partial charge in [0.1, 0.15) is 0 Å². The Morgan fingerprint density at radius 2 is 2.14 bits per heavy atom. The molecule has 0 radical (unpaired) electrons. The Morgan fingerprint density at radius 3 is 2.71 bits per heavy atom. The molecule has 0 aliphatic heterocycles. The summed E-state index contributed by atoms with van der Waals surface area (Å²) in [5, 5.41) is 3.51. The molecular formula is C11H24N2O. The topological polar surface area (TPSA) is 47.3 Å². The Labute approximate surface area is 87.4 Å². The zero-order valence-electron chi connectivity index (χ0n) is 9.46. The van der Waals surface area contributed by atoms with Crippen LogP contribution in [-0.4, -0.2) is 31.3 Å². The first-order valence-corrected chi connectivity index (χ1v) is 5.86. The lowest BCUT2D eigenvalue weighted by Crippen LogP contribution is -2.46. The summed E-state index contributed by atoms with van der Waals surface area (Å²) in [7, 11) is 0. The van der Waals surface area contributed by atoms with Gasteiger partial charge in [-0.05, 0) is 39.2 Å². The van der Waals surface area contributed by atoms with Gasteiger partial charge in [0.05, 0.1) is 6.10 Å². The molecule has 1 aliphatic rings. The molecule has 3 nitrogen and oxygen atoms in total. The molecule has 3 heteroatoms. The lowest BCUT2D eigenvalue weighted by atomic mass is 9.89. The Balaban J connectivity index is 1.90. The Kier molecular flexibility index (Phi) is 5.45. The third kappa shape index (κ3) is 3.95. The highest BCUT2D eigenvalue weighted by Crippen LogP contribution is 2.22. The predicted octanol–water partition coefficient (Wildman–Crippen LogP) is 1.27. The van der Waals surface area contributed by atoms with E-state index in [0.717, 1.165) is 26.0 Å².